The molecule has 11 heteroatoms. The summed E-state index contributed by atoms with van der Waals surface area (Å²) in [6, 6.07) is 8.79. The lowest BCUT2D eigenvalue weighted by Crippen LogP contribution is -2.56. The van der Waals surface area contributed by atoms with Gasteiger partial charge in [-0.1, -0.05) is 6.07 Å². The molecule has 0 bridgehead atoms. The van der Waals surface area contributed by atoms with Crippen molar-refractivity contribution in [2.75, 3.05) is 24.5 Å². The molecule has 1 unspecified atom stereocenters. The van der Waals surface area contributed by atoms with Gasteiger partial charge in [-0.3, -0.25) is 29.6 Å². The number of carboxylic acid groups (broad SMARTS) is 1. The number of hydrogen-bond donors (Lipinski definition) is 4. The van der Waals surface area contributed by atoms with Crippen LogP contribution in [0.15, 0.2) is 48.8 Å². The number of carboxylic acids is 1. The fourth-order valence-electron chi connectivity index (χ4n) is 3.31. The van der Waals surface area contributed by atoms with Gasteiger partial charge in [-0.05, 0) is 35.9 Å². The maximum absolute atomic E-state index is 12.6. The van der Waals surface area contributed by atoms with E-state index in [9.17, 15) is 19.2 Å². The highest BCUT2D eigenvalue weighted by atomic mass is 16.4. The molecule has 0 saturated carbocycles. The molecule has 1 aliphatic heterocycles. The standard InChI is InChI=1S/C21H22N6O5/c22-19(23)13-3-5-15(6-4-13)27-9-8-26(20(31)21(27)32)12-17(28)25-16(10-18(29)30)14-2-1-7-24-11-14/h1-7,11,16H,8-10,12H2,(H3,22,23)(H,25,28)(H,29,30). The summed E-state index contributed by atoms with van der Waals surface area (Å²) in [5.74, 6) is -3.41. The second kappa shape index (κ2) is 9.69. The number of nitrogen functional groups attached to an aromatic ring is 1. The van der Waals surface area contributed by atoms with Crippen molar-refractivity contribution in [3.63, 3.8) is 0 Å². The Morgan fingerprint density at radius 2 is 1.88 bits per heavy atom. The Kier molecular flexibility index (Phi) is 6.78. The van der Waals surface area contributed by atoms with Crippen molar-refractivity contribution in [1.29, 1.82) is 5.41 Å². The molecule has 3 rings (SSSR count). The lowest BCUT2D eigenvalue weighted by Gasteiger charge is -2.33. The van der Waals surface area contributed by atoms with Crippen molar-refractivity contribution in [1.82, 2.24) is 15.2 Å². The van der Waals surface area contributed by atoms with Crippen LogP contribution in [-0.4, -0.2) is 64.2 Å². The first-order valence-corrected chi connectivity index (χ1v) is 9.72. The number of aliphatic carboxylic acids is 1. The third kappa shape index (κ3) is 5.25. The minimum absolute atomic E-state index is 0.109. The number of piperazine rings is 1. The van der Waals surface area contributed by atoms with E-state index in [0.717, 1.165) is 4.90 Å². The summed E-state index contributed by atoms with van der Waals surface area (Å²) in [6.45, 7) is -0.0700. The fourth-order valence-corrected chi connectivity index (χ4v) is 3.31. The van der Waals surface area contributed by atoms with E-state index in [1.807, 2.05) is 0 Å². The molecule has 0 spiro atoms. The van der Waals surface area contributed by atoms with Gasteiger partial charge < -0.3 is 26.0 Å². The zero-order chi connectivity index (χ0) is 23.3. The molecule has 1 atom stereocenters. The Hall–Kier alpha value is -4.28. The van der Waals surface area contributed by atoms with Crippen LogP contribution in [0.2, 0.25) is 0 Å². The molecule has 2 aromatic rings. The number of amidine groups is 1. The molecule has 1 aromatic carbocycles. The highest BCUT2D eigenvalue weighted by Crippen LogP contribution is 2.19. The molecule has 166 valence electrons. The summed E-state index contributed by atoms with van der Waals surface area (Å²) in [6.07, 6.45) is 2.63. The Morgan fingerprint density at radius 3 is 2.47 bits per heavy atom. The van der Waals surface area contributed by atoms with Crippen LogP contribution in [0.4, 0.5) is 5.69 Å². The zero-order valence-corrected chi connectivity index (χ0v) is 17.0. The summed E-state index contributed by atoms with van der Waals surface area (Å²) in [5.41, 5.74) is 6.92. The SMILES string of the molecule is N=C(N)c1ccc(N2CCN(CC(=O)NC(CC(=O)O)c3cccnc3)C(=O)C2=O)cc1. The lowest BCUT2D eigenvalue weighted by atomic mass is 10.1. The first kappa shape index (κ1) is 22.4. The normalized spacial score (nSPS) is 14.8. The highest BCUT2D eigenvalue weighted by Gasteiger charge is 2.34. The highest BCUT2D eigenvalue weighted by molar-refractivity contribution is 6.41. The van der Waals surface area contributed by atoms with Gasteiger partial charge in [0, 0.05) is 36.7 Å². The van der Waals surface area contributed by atoms with Gasteiger partial charge in [0.05, 0.1) is 12.5 Å². The fraction of sp³-hybridized carbons (Fsp3) is 0.238. The smallest absolute Gasteiger partial charge is 0.316 e. The predicted octanol–water partition coefficient (Wildman–Crippen LogP) is -0.127. The lowest BCUT2D eigenvalue weighted by molar-refractivity contribution is -0.147. The molecule has 0 aliphatic carbocycles. The van der Waals surface area contributed by atoms with Crippen molar-refractivity contribution in [2.24, 2.45) is 5.73 Å². The van der Waals surface area contributed by atoms with Crippen molar-refractivity contribution >= 4 is 35.2 Å². The van der Waals surface area contributed by atoms with Crippen molar-refractivity contribution in [2.45, 2.75) is 12.5 Å². The molecule has 0 radical (unpaired) electrons. The third-order valence-electron chi connectivity index (χ3n) is 4.93. The topological polar surface area (TPSA) is 170 Å². The minimum atomic E-state index is -1.10. The maximum atomic E-state index is 12.6. The molecular weight excluding hydrogens is 416 g/mol. The Bertz CT molecular complexity index is 1040. The van der Waals surface area contributed by atoms with Crippen LogP contribution in [0.1, 0.15) is 23.6 Å². The first-order chi connectivity index (χ1) is 15.3. The number of benzene rings is 1. The van der Waals surface area contributed by atoms with Gasteiger partial charge in [-0.15, -0.1) is 0 Å². The van der Waals surface area contributed by atoms with Crippen LogP contribution in [0.3, 0.4) is 0 Å². The number of anilines is 1. The van der Waals surface area contributed by atoms with Crippen molar-refractivity contribution < 1.29 is 24.3 Å². The van der Waals surface area contributed by atoms with E-state index in [2.05, 4.69) is 10.3 Å². The van der Waals surface area contributed by atoms with Crippen LogP contribution in [0.5, 0.6) is 0 Å². The Morgan fingerprint density at radius 1 is 1.16 bits per heavy atom. The number of nitrogens with two attached hydrogens (primary N) is 1. The molecule has 1 aromatic heterocycles. The molecule has 2 heterocycles. The molecule has 1 saturated heterocycles. The molecule has 3 amide bonds. The molecule has 32 heavy (non-hydrogen) atoms. The van der Waals surface area contributed by atoms with Gasteiger partial charge in [0.2, 0.25) is 5.91 Å². The maximum Gasteiger partial charge on any atom is 0.316 e. The van der Waals surface area contributed by atoms with Crippen molar-refractivity contribution in [3.05, 3.63) is 59.9 Å². The van der Waals surface area contributed by atoms with E-state index in [1.54, 1.807) is 36.4 Å². The zero-order valence-electron chi connectivity index (χ0n) is 17.0. The summed E-state index contributed by atoms with van der Waals surface area (Å²) in [7, 11) is 0. The monoisotopic (exact) mass is 438 g/mol. The first-order valence-electron chi connectivity index (χ1n) is 9.72. The number of carbonyl (C=O) groups excluding carboxylic acids is 3. The quantitative estimate of drug-likeness (QED) is 0.253. The molecule has 1 fully saturated rings. The van der Waals surface area contributed by atoms with Gasteiger partial charge in [0.1, 0.15) is 12.4 Å². The van der Waals surface area contributed by atoms with Gasteiger partial charge in [-0.2, -0.15) is 0 Å². The van der Waals surface area contributed by atoms with Gasteiger partial charge in [0.25, 0.3) is 0 Å². The number of pyridine rings is 1. The van der Waals surface area contributed by atoms with E-state index < -0.39 is 29.7 Å². The largest absolute Gasteiger partial charge is 0.481 e. The van der Waals surface area contributed by atoms with E-state index in [1.165, 1.54) is 17.3 Å². The van der Waals surface area contributed by atoms with E-state index in [4.69, 9.17) is 16.2 Å². The molecular formula is C21H22N6O5. The van der Waals surface area contributed by atoms with Gasteiger partial charge >= 0.3 is 17.8 Å². The van der Waals surface area contributed by atoms with Crippen LogP contribution >= 0.6 is 0 Å². The summed E-state index contributed by atoms with van der Waals surface area (Å²) in [5, 5.41) is 19.1. The summed E-state index contributed by atoms with van der Waals surface area (Å²) in [4.78, 5) is 55.2. The van der Waals surface area contributed by atoms with Crippen LogP contribution in [0.25, 0.3) is 0 Å². The number of aromatic nitrogens is 1. The predicted molar refractivity (Wildman–Crippen MR) is 114 cm³/mol. The second-order valence-corrected chi connectivity index (χ2v) is 7.15. The van der Waals surface area contributed by atoms with E-state index in [0.29, 0.717) is 16.8 Å². The summed E-state index contributed by atoms with van der Waals surface area (Å²) < 4.78 is 0. The second-order valence-electron chi connectivity index (χ2n) is 7.15. The molecule has 11 nitrogen and oxygen atoms in total. The third-order valence-corrected chi connectivity index (χ3v) is 4.93. The Balaban J connectivity index is 1.64. The number of nitrogens with zero attached hydrogens (tertiary/aromatic N) is 3. The Labute approximate surface area is 183 Å². The number of carbonyl (C=O) groups is 4. The van der Waals surface area contributed by atoms with Crippen LogP contribution < -0.4 is 16.0 Å². The van der Waals surface area contributed by atoms with Crippen LogP contribution in [-0.2, 0) is 19.2 Å². The minimum Gasteiger partial charge on any atom is -0.481 e. The van der Waals surface area contributed by atoms with E-state index in [-0.39, 0.29) is 31.9 Å². The number of nitrogens with one attached hydrogen (secondary N) is 2. The van der Waals surface area contributed by atoms with E-state index >= 15 is 0 Å². The van der Waals surface area contributed by atoms with Crippen LogP contribution in [0, 0.1) is 5.41 Å². The average molecular weight is 438 g/mol. The number of rotatable bonds is 8. The average Bonchev–Trinajstić information content (AvgIpc) is 2.77. The molecule has 5 N–H and O–H groups in total. The van der Waals surface area contributed by atoms with Crippen molar-refractivity contribution in [3.8, 4) is 0 Å². The van der Waals surface area contributed by atoms with Gasteiger partial charge in [0.15, 0.2) is 0 Å². The summed E-state index contributed by atoms with van der Waals surface area (Å²) >= 11 is 0. The molecule has 1 aliphatic rings. The number of hydrogen-bond acceptors (Lipinski definition) is 6. The van der Waals surface area contributed by atoms with Gasteiger partial charge in [-0.25, -0.2) is 0 Å². The number of amides is 3.